The first-order valence-electron chi connectivity index (χ1n) is 3.96. The molecule has 1 radical (unpaired) electrons. The van der Waals surface area contributed by atoms with Crippen molar-refractivity contribution in [2.24, 2.45) is 5.92 Å². The van der Waals surface area contributed by atoms with Gasteiger partial charge < -0.3 is 0 Å². The van der Waals surface area contributed by atoms with E-state index < -0.39 is 0 Å². The first kappa shape index (κ1) is 5.52. The summed E-state index contributed by atoms with van der Waals surface area (Å²) < 4.78 is 0. The van der Waals surface area contributed by atoms with Crippen LogP contribution in [0.2, 0.25) is 0 Å². The summed E-state index contributed by atoms with van der Waals surface area (Å²) in [5.74, 6) is 2.83. The summed E-state index contributed by atoms with van der Waals surface area (Å²) in [7, 11) is 0. The number of rotatable bonds is 0. The minimum Gasteiger partial charge on any atom is -0.0882 e. The molecular formula is C9H13. The highest BCUT2D eigenvalue weighted by atomic mass is 14.3. The molecule has 0 aromatic rings. The summed E-state index contributed by atoms with van der Waals surface area (Å²) in [6.07, 6.45) is 11.7. The van der Waals surface area contributed by atoms with Gasteiger partial charge in [-0.2, -0.15) is 0 Å². The Balaban J connectivity index is 2.07. The summed E-state index contributed by atoms with van der Waals surface area (Å²) >= 11 is 0. The van der Waals surface area contributed by atoms with E-state index in [0.717, 1.165) is 5.92 Å². The molecule has 0 aromatic carbocycles. The van der Waals surface area contributed by atoms with Gasteiger partial charge in [0.15, 0.2) is 0 Å². The smallest absolute Gasteiger partial charge is 0.0170 e. The van der Waals surface area contributed by atoms with Gasteiger partial charge in [0.05, 0.1) is 0 Å². The second-order valence-corrected chi connectivity index (χ2v) is 3.16. The highest BCUT2D eigenvalue weighted by Gasteiger charge is 2.27. The average Bonchev–Trinajstić information content (AvgIpc) is 2.33. The molecule has 0 spiro atoms. The van der Waals surface area contributed by atoms with E-state index in [9.17, 15) is 0 Å². The molecule has 1 atom stereocenters. The molecule has 9 heavy (non-hydrogen) atoms. The van der Waals surface area contributed by atoms with Gasteiger partial charge in [0, 0.05) is 0 Å². The molecule has 1 unspecified atom stereocenters. The van der Waals surface area contributed by atoms with E-state index in [1.807, 2.05) is 5.92 Å². The molecule has 0 bridgehead atoms. The van der Waals surface area contributed by atoms with Gasteiger partial charge in [0.2, 0.25) is 0 Å². The quantitative estimate of drug-likeness (QED) is 0.432. The number of hydrogen-bond donors (Lipinski definition) is 0. The van der Waals surface area contributed by atoms with Crippen molar-refractivity contribution in [2.45, 2.75) is 32.1 Å². The lowest BCUT2D eigenvalue weighted by Crippen LogP contribution is -2.06. The van der Waals surface area contributed by atoms with Crippen LogP contribution in [0.5, 0.6) is 0 Å². The number of fused-ring (bicyclic) bond motifs is 1. The Morgan fingerprint density at radius 3 is 3.22 bits per heavy atom. The zero-order chi connectivity index (χ0) is 6.10. The van der Waals surface area contributed by atoms with Gasteiger partial charge in [0.1, 0.15) is 0 Å². The minimum absolute atomic E-state index is 0.995. The Morgan fingerprint density at radius 2 is 2.33 bits per heavy atom. The molecule has 0 nitrogen and oxygen atoms in total. The third-order valence-electron chi connectivity index (χ3n) is 2.60. The van der Waals surface area contributed by atoms with E-state index in [1.54, 1.807) is 0 Å². The molecule has 1 saturated carbocycles. The molecule has 0 heterocycles. The monoisotopic (exact) mass is 121 g/mol. The molecule has 0 saturated heterocycles. The van der Waals surface area contributed by atoms with Crippen LogP contribution in [0, 0.1) is 11.8 Å². The summed E-state index contributed by atoms with van der Waals surface area (Å²) in [6.45, 7) is 0. The van der Waals surface area contributed by atoms with Crippen molar-refractivity contribution in [2.75, 3.05) is 0 Å². The molecule has 0 aliphatic heterocycles. The van der Waals surface area contributed by atoms with Crippen LogP contribution in [0.4, 0.5) is 0 Å². The normalized spacial score (nSPS) is 34.9. The van der Waals surface area contributed by atoms with Gasteiger partial charge in [-0.3, -0.25) is 0 Å². The summed E-state index contributed by atoms with van der Waals surface area (Å²) in [6, 6.07) is 0. The average molecular weight is 121 g/mol. The van der Waals surface area contributed by atoms with Crippen LogP contribution in [0.1, 0.15) is 32.1 Å². The standard InChI is InChI=1S/C9H13/c1-2-5-9-7-3-6-8(9)4-1/h1-2,8H,3-7H2. The summed E-state index contributed by atoms with van der Waals surface area (Å²) in [5, 5.41) is 0. The topological polar surface area (TPSA) is 0 Å². The van der Waals surface area contributed by atoms with Crippen molar-refractivity contribution in [3.05, 3.63) is 18.1 Å². The zero-order valence-corrected chi connectivity index (χ0v) is 5.77. The fourth-order valence-corrected chi connectivity index (χ4v) is 2.03. The SMILES string of the molecule is C1=CCC2CCC[C]2C1. The highest BCUT2D eigenvalue weighted by Crippen LogP contribution is 2.40. The maximum atomic E-state index is 2.35. The maximum Gasteiger partial charge on any atom is -0.0170 e. The molecule has 2 rings (SSSR count). The van der Waals surface area contributed by atoms with E-state index in [2.05, 4.69) is 12.2 Å². The van der Waals surface area contributed by atoms with Gasteiger partial charge in [-0.25, -0.2) is 0 Å². The summed E-state index contributed by atoms with van der Waals surface area (Å²) in [4.78, 5) is 0. The first-order chi connectivity index (χ1) is 4.47. The van der Waals surface area contributed by atoms with Crippen LogP contribution in [-0.4, -0.2) is 0 Å². The lowest BCUT2D eigenvalue weighted by molar-refractivity contribution is 0.557. The lowest BCUT2D eigenvalue weighted by Gasteiger charge is -2.19. The van der Waals surface area contributed by atoms with Crippen LogP contribution in [0.25, 0.3) is 0 Å². The molecule has 0 amide bonds. The van der Waals surface area contributed by atoms with Crippen molar-refractivity contribution in [1.29, 1.82) is 0 Å². The Kier molecular flexibility index (Phi) is 1.33. The Morgan fingerprint density at radius 1 is 1.33 bits per heavy atom. The second-order valence-electron chi connectivity index (χ2n) is 3.16. The van der Waals surface area contributed by atoms with Crippen molar-refractivity contribution >= 4 is 0 Å². The maximum absolute atomic E-state index is 2.35. The molecule has 0 heteroatoms. The van der Waals surface area contributed by atoms with Crippen LogP contribution in [-0.2, 0) is 0 Å². The summed E-state index contributed by atoms with van der Waals surface area (Å²) in [5.41, 5.74) is 0. The van der Waals surface area contributed by atoms with E-state index >= 15 is 0 Å². The van der Waals surface area contributed by atoms with Gasteiger partial charge in [0.25, 0.3) is 0 Å². The lowest BCUT2D eigenvalue weighted by atomic mass is 9.86. The predicted molar refractivity (Wildman–Crippen MR) is 39.0 cm³/mol. The zero-order valence-electron chi connectivity index (χ0n) is 5.77. The number of hydrogen-bond acceptors (Lipinski definition) is 0. The number of allylic oxidation sites excluding steroid dienone is 2. The molecule has 49 valence electrons. The minimum atomic E-state index is 0.995. The van der Waals surface area contributed by atoms with Gasteiger partial charge in [-0.05, 0) is 37.5 Å². The molecule has 2 aliphatic carbocycles. The van der Waals surface area contributed by atoms with Crippen LogP contribution >= 0.6 is 0 Å². The largest absolute Gasteiger partial charge is 0.0882 e. The Bertz CT molecular complexity index is 110. The molecule has 0 N–H and O–H groups in total. The third-order valence-corrected chi connectivity index (χ3v) is 2.60. The third kappa shape index (κ3) is 0.910. The molecule has 1 fully saturated rings. The van der Waals surface area contributed by atoms with E-state index in [-0.39, 0.29) is 0 Å². The van der Waals surface area contributed by atoms with Crippen molar-refractivity contribution < 1.29 is 0 Å². The fraction of sp³-hybridized carbons (Fsp3) is 0.667. The Hall–Kier alpha value is -0.260. The van der Waals surface area contributed by atoms with Crippen molar-refractivity contribution in [3.63, 3.8) is 0 Å². The first-order valence-corrected chi connectivity index (χ1v) is 3.96. The van der Waals surface area contributed by atoms with Gasteiger partial charge >= 0.3 is 0 Å². The molecule has 0 aromatic heterocycles. The molecular weight excluding hydrogens is 108 g/mol. The van der Waals surface area contributed by atoms with Crippen LogP contribution in [0.15, 0.2) is 12.2 Å². The van der Waals surface area contributed by atoms with E-state index in [0.29, 0.717) is 0 Å². The van der Waals surface area contributed by atoms with Gasteiger partial charge in [-0.1, -0.05) is 18.6 Å². The van der Waals surface area contributed by atoms with Crippen LogP contribution in [0.3, 0.4) is 0 Å². The fourth-order valence-electron chi connectivity index (χ4n) is 2.03. The highest BCUT2D eigenvalue weighted by molar-refractivity contribution is 5.12. The molecule has 2 aliphatic rings. The van der Waals surface area contributed by atoms with Crippen LogP contribution < -0.4 is 0 Å². The second kappa shape index (κ2) is 2.17. The Labute approximate surface area is 57.0 Å². The van der Waals surface area contributed by atoms with Crippen molar-refractivity contribution in [3.8, 4) is 0 Å². The van der Waals surface area contributed by atoms with Gasteiger partial charge in [-0.15, -0.1) is 0 Å². The van der Waals surface area contributed by atoms with E-state index in [1.165, 1.54) is 32.1 Å². The van der Waals surface area contributed by atoms with E-state index in [4.69, 9.17) is 0 Å². The van der Waals surface area contributed by atoms with Crippen molar-refractivity contribution in [1.82, 2.24) is 0 Å². The predicted octanol–water partition coefficient (Wildman–Crippen LogP) is 2.71.